The molecule has 2 amide bonds. The Morgan fingerprint density at radius 2 is 1.33 bits per heavy atom. The number of rotatable bonds is 11. The number of ether oxygens (including phenoxy) is 2. The van der Waals surface area contributed by atoms with Crippen molar-refractivity contribution in [3.63, 3.8) is 0 Å². The Hall–Kier alpha value is -5.11. The molecule has 0 aromatic heterocycles. The van der Waals surface area contributed by atoms with Crippen LogP contribution in [0.1, 0.15) is 52.0 Å². The average Bonchev–Trinajstić information content (AvgIpc) is 3.47. The number of nitrogens with one attached hydrogen (secondary N) is 2. The average molecular weight is 565 g/mol. The van der Waals surface area contributed by atoms with Crippen molar-refractivity contribution >= 4 is 23.5 Å². The molecule has 0 unspecified atom stereocenters. The van der Waals surface area contributed by atoms with Crippen LogP contribution in [0.5, 0.6) is 17.2 Å². The highest BCUT2D eigenvalue weighted by atomic mass is 16.5. The molecule has 214 valence electrons. The fraction of sp³-hybridized carbons (Fsp3) is 0.206. The normalized spacial score (nSPS) is 13.6. The van der Waals surface area contributed by atoms with Crippen LogP contribution in [0.4, 0.5) is 5.69 Å². The van der Waals surface area contributed by atoms with E-state index in [0.29, 0.717) is 29.4 Å². The second kappa shape index (κ2) is 13.0. The van der Waals surface area contributed by atoms with Crippen molar-refractivity contribution in [2.45, 2.75) is 37.6 Å². The molecule has 0 aliphatic heterocycles. The van der Waals surface area contributed by atoms with Crippen LogP contribution in [0.3, 0.4) is 0 Å². The molecule has 0 bridgehead atoms. The van der Waals surface area contributed by atoms with Gasteiger partial charge in [0.2, 0.25) is 5.91 Å². The Morgan fingerprint density at radius 1 is 0.738 bits per heavy atom. The first-order valence-electron chi connectivity index (χ1n) is 13.9. The molecule has 0 atom stereocenters. The Kier molecular flexibility index (Phi) is 8.82. The zero-order chi connectivity index (χ0) is 29.4. The number of para-hydroxylation sites is 1. The minimum atomic E-state index is -1.10. The van der Waals surface area contributed by atoms with Crippen LogP contribution >= 0.6 is 0 Å². The standard InChI is InChI=1S/C34H32N2O6/c37-31(35-30-11-5-4-10-29(30)33(39)40)22-24-12-14-27(15-13-24)42-28-18-16-26(17-19-28)41-23-34(20-6-7-21-34)36-32(38)25-8-2-1-3-9-25/h1-5,8-19H,6-7,20-23H2,(H,35,37)(H,36,38)(H,39,40). The third-order valence-electron chi connectivity index (χ3n) is 7.27. The fourth-order valence-corrected chi connectivity index (χ4v) is 5.05. The van der Waals surface area contributed by atoms with Crippen LogP contribution in [0.25, 0.3) is 0 Å². The number of aromatic carboxylic acids is 1. The van der Waals surface area contributed by atoms with Crippen LogP contribution in [0.15, 0.2) is 103 Å². The first-order valence-corrected chi connectivity index (χ1v) is 13.9. The van der Waals surface area contributed by atoms with E-state index in [1.807, 2.05) is 54.6 Å². The maximum atomic E-state index is 12.8. The van der Waals surface area contributed by atoms with Gasteiger partial charge in [-0.05, 0) is 79.1 Å². The summed E-state index contributed by atoms with van der Waals surface area (Å²) in [6.45, 7) is 0.392. The van der Waals surface area contributed by atoms with Crippen LogP contribution < -0.4 is 20.1 Å². The van der Waals surface area contributed by atoms with E-state index >= 15 is 0 Å². The summed E-state index contributed by atoms with van der Waals surface area (Å²) in [6.07, 6.45) is 3.94. The summed E-state index contributed by atoms with van der Waals surface area (Å²) in [5.41, 5.74) is 1.32. The maximum absolute atomic E-state index is 12.8. The van der Waals surface area contributed by atoms with Crippen LogP contribution in [0, 0.1) is 0 Å². The molecule has 4 aromatic rings. The molecule has 8 nitrogen and oxygen atoms in total. The Morgan fingerprint density at radius 3 is 2.00 bits per heavy atom. The molecular formula is C34H32N2O6. The third kappa shape index (κ3) is 7.34. The molecule has 1 aliphatic carbocycles. The lowest BCUT2D eigenvalue weighted by Gasteiger charge is -2.30. The lowest BCUT2D eigenvalue weighted by atomic mass is 9.98. The molecule has 42 heavy (non-hydrogen) atoms. The van der Waals surface area contributed by atoms with Gasteiger partial charge in [-0.15, -0.1) is 0 Å². The molecule has 0 spiro atoms. The van der Waals surface area contributed by atoms with Gasteiger partial charge in [0.1, 0.15) is 23.9 Å². The van der Waals surface area contributed by atoms with Crippen LogP contribution in [-0.4, -0.2) is 35.0 Å². The second-order valence-electron chi connectivity index (χ2n) is 10.4. The van der Waals surface area contributed by atoms with E-state index in [4.69, 9.17) is 9.47 Å². The highest BCUT2D eigenvalue weighted by Crippen LogP contribution is 2.32. The summed E-state index contributed by atoms with van der Waals surface area (Å²) < 4.78 is 12.1. The molecule has 0 radical (unpaired) electrons. The number of benzene rings is 4. The van der Waals surface area contributed by atoms with Crippen molar-refractivity contribution in [1.82, 2.24) is 5.32 Å². The predicted molar refractivity (Wildman–Crippen MR) is 159 cm³/mol. The molecule has 3 N–H and O–H groups in total. The third-order valence-corrected chi connectivity index (χ3v) is 7.27. The minimum Gasteiger partial charge on any atom is -0.491 e. The van der Waals surface area contributed by atoms with Gasteiger partial charge in [0, 0.05) is 5.56 Å². The highest BCUT2D eigenvalue weighted by Gasteiger charge is 2.36. The van der Waals surface area contributed by atoms with E-state index in [9.17, 15) is 19.5 Å². The van der Waals surface area contributed by atoms with Gasteiger partial charge in [-0.3, -0.25) is 9.59 Å². The largest absolute Gasteiger partial charge is 0.491 e. The highest BCUT2D eigenvalue weighted by molar-refractivity contribution is 6.01. The Bertz CT molecular complexity index is 1530. The van der Waals surface area contributed by atoms with Gasteiger partial charge in [-0.25, -0.2) is 4.79 Å². The molecule has 5 rings (SSSR count). The van der Waals surface area contributed by atoms with Gasteiger partial charge < -0.3 is 25.2 Å². The number of anilines is 1. The molecule has 0 heterocycles. The maximum Gasteiger partial charge on any atom is 0.337 e. The summed E-state index contributed by atoms with van der Waals surface area (Å²) in [6, 6.07) is 30.0. The van der Waals surface area contributed by atoms with Crippen molar-refractivity contribution in [2.24, 2.45) is 0 Å². The van der Waals surface area contributed by atoms with Crippen LogP contribution in [-0.2, 0) is 11.2 Å². The predicted octanol–water partition coefficient (Wildman–Crippen LogP) is 6.48. The number of hydrogen-bond acceptors (Lipinski definition) is 5. The quantitative estimate of drug-likeness (QED) is 0.192. The number of carboxylic acids is 1. The number of carbonyl (C=O) groups excluding carboxylic acids is 2. The Balaban J connectivity index is 1.13. The van der Waals surface area contributed by atoms with Crippen molar-refractivity contribution in [2.75, 3.05) is 11.9 Å². The van der Waals surface area contributed by atoms with E-state index in [2.05, 4.69) is 10.6 Å². The van der Waals surface area contributed by atoms with Crippen molar-refractivity contribution in [3.05, 3.63) is 120 Å². The molecule has 1 fully saturated rings. The molecule has 4 aromatic carbocycles. The first kappa shape index (κ1) is 28.4. The summed E-state index contributed by atoms with van der Waals surface area (Å²) in [5, 5.41) is 15.2. The van der Waals surface area contributed by atoms with Gasteiger partial charge in [0.15, 0.2) is 0 Å². The van der Waals surface area contributed by atoms with Gasteiger partial charge in [-0.1, -0.05) is 55.3 Å². The van der Waals surface area contributed by atoms with E-state index in [1.165, 1.54) is 6.07 Å². The lowest BCUT2D eigenvalue weighted by Crippen LogP contribution is -2.50. The molecule has 8 heteroatoms. The van der Waals surface area contributed by atoms with Crippen molar-refractivity contribution in [1.29, 1.82) is 0 Å². The minimum absolute atomic E-state index is 0.0406. The molecule has 0 saturated heterocycles. The number of carbonyl (C=O) groups is 3. The monoisotopic (exact) mass is 564 g/mol. The second-order valence-corrected chi connectivity index (χ2v) is 10.4. The summed E-state index contributed by atoms with van der Waals surface area (Å²) in [4.78, 5) is 36.6. The smallest absolute Gasteiger partial charge is 0.337 e. The van der Waals surface area contributed by atoms with Crippen molar-refractivity contribution in [3.8, 4) is 17.2 Å². The Labute approximate surface area is 244 Å². The van der Waals surface area contributed by atoms with E-state index in [-0.39, 0.29) is 35.0 Å². The van der Waals surface area contributed by atoms with Gasteiger partial charge in [-0.2, -0.15) is 0 Å². The number of amides is 2. The molecular weight excluding hydrogens is 532 g/mol. The van der Waals surface area contributed by atoms with E-state index in [1.54, 1.807) is 42.5 Å². The van der Waals surface area contributed by atoms with E-state index in [0.717, 1.165) is 31.2 Å². The van der Waals surface area contributed by atoms with Gasteiger partial charge in [0.05, 0.1) is 23.2 Å². The summed E-state index contributed by atoms with van der Waals surface area (Å²) >= 11 is 0. The van der Waals surface area contributed by atoms with Crippen molar-refractivity contribution < 1.29 is 29.0 Å². The number of hydrogen-bond donors (Lipinski definition) is 3. The fourth-order valence-electron chi connectivity index (χ4n) is 5.05. The van der Waals surface area contributed by atoms with Crippen LogP contribution in [0.2, 0.25) is 0 Å². The zero-order valence-electron chi connectivity index (χ0n) is 23.0. The number of carboxylic acid groups (broad SMARTS) is 1. The van der Waals surface area contributed by atoms with E-state index < -0.39 is 5.97 Å². The zero-order valence-corrected chi connectivity index (χ0v) is 23.0. The SMILES string of the molecule is O=C(Cc1ccc(Oc2ccc(OCC3(NC(=O)c4ccccc4)CCCC3)cc2)cc1)Nc1ccccc1C(=O)O. The first-order chi connectivity index (χ1) is 20.4. The topological polar surface area (TPSA) is 114 Å². The lowest BCUT2D eigenvalue weighted by molar-refractivity contribution is -0.115. The van der Waals surface area contributed by atoms with Gasteiger partial charge >= 0.3 is 5.97 Å². The summed E-state index contributed by atoms with van der Waals surface area (Å²) in [7, 11) is 0. The molecule has 1 aliphatic rings. The van der Waals surface area contributed by atoms with Gasteiger partial charge in [0.25, 0.3) is 5.91 Å². The molecule has 1 saturated carbocycles. The summed E-state index contributed by atoms with van der Waals surface area (Å²) in [5.74, 6) is 0.432.